The van der Waals surface area contributed by atoms with Crippen LogP contribution in [0.25, 0.3) is 33.1 Å². The highest BCUT2D eigenvalue weighted by molar-refractivity contribution is 9.10. The van der Waals surface area contributed by atoms with Crippen LogP contribution in [0, 0.1) is 13.8 Å². The van der Waals surface area contributed by atoms with Crippen LogP contribution in [0.4, 0.5) is 0 Å². The maximum absolute atomic E-state index is 13.7. The number of nitrogens with zero attached hydrogens (tertiary/aromatic N) is 2. The predicted molar refractivity (Wildman–Crippen MR) is 130 cm³/mol. The number of H-pyrrole nitrogens is 1. The van der Waals surface area contributed by atoms with E-state index in [1.807, 2.05) is 29.3 Å². The third-order valence-corrected chi connectivity index (χ3v) is 6.69. The van der Waals surface area contributed by atoms with Crippen molar-refractivity contribution in [1.82, 2.24) is 20.2 Å². The molecule has 1 fully saturated rings. The van der Waals surface area contributed by atoms with Gasteiger partial charge in [0.05, 0.1) is 16.8 Å². The lowest BCUT2D eigenvalue weighted by Crippen LogP contribution is -2.34. The van der Waals surface area contributed by atoms with Crippen LogP contribution >= 0.6 is 15.9 Å². The van der Waals surface area contributed by atoms with Crippen LogP contribution in [0.3, 0.4) is 0 Å². The number of fused-ring (bicyclic) bond motifs is 2. The summed E-state index contributed by atoms with van der Waals surface area (Å²) in [5.41, 5.74) is 6.81. The first kappa shape index (κ1) is 20.2. The molecule has 0 radical (unpaired) electrons. The van der Waals surface area contributed by atoms with E-state index in [2.05, 4.69) is 58.3 Å². The summed E-state index contributed by atoms with van der Waals surface area (Å²) < 4.78 is 1.02. The summed E-state index contributed by atoms with van der Waals surface area (Å²) in [6.07, 6.45) is 2.95. The zero-order valence-corrected chi connectivity index (χ0v) is 19.3. The molecule has 1 saturated heterocycles. The number of carbonyl (C=O) groups excluding carboxylic acids is 1. The summed E-state index contributed by atoms with van der Waals surface area (Å²) >= 11 is 3.58. The Kier molecular flexibility index (Phi) is 5.28. The lowest BCUT2D eigenvalue weighted by molar-refractivity contribution is 0.0768. The van der Waals surface area contributed by atoms with E-state index >= 15 is 0 Å². The molecule has 1 aliphatic rings. The molecule has 0 aliphatic carbocycles. The van der Waals surface area contributed by atoms with Gasteiger partial charge in [0.15, 0.2) is 0 Å². The Morgan fingerprint density at radius 1 is 1.03 bits per heavy atom. The van der Waals surface area contributed by atoms with Crippen LogP contribution in [0.5, 0.6) is 0 Å². The van der Waals surface area contributed by atoms with Gasteiger partial charge in [-0.25, -0.2) is 4.98 Å². The Morgan fingerprint density at radius 2 is 1.87 bits per heavy atom. The Bertz CT molecular complexity index is 1300. The van der Waals surface area contributed by atoms with Crippen molar-refractivity contribution in [1.29, 1.82) is 0 Å². The number of aromatic amines is 1. The molecule has 2 aromatic heterocycles. The summed E-state index contributed by atoms with van der Waals surface area (Å²) in [5.74, 6) is 0.0848. The number of amides is 1. The molecule has 0 saturated carbocycles. The molecule has 0 spiro atoms. The van der Waals surface area contributed by atoms with Gasteiger partial charge in [-0.1, -0.05) is 15.9 Å². The van der Waals surface area contributed by atoms with Gasteiger partial charge in [-0.2, -0.15) is 0 Å². The minimum atomic E-state index is 0.0848. The number of benzene rings is 2. The fraction of sp³-hybridized carbons (Fsp3) is 0.280. The molecule has 31 heavy (non-hydrogen) atoms. The van der Waals surface area contributed by atoms with Gasteiger partial charge in [0, 0.05) is 52.2 Å². The summed E-state index contributed by atoms with van der Waals surface area (Å²) in [6, 6.07) is 12.3. The van der Waals surface area contributed by atoms with Gasteiger partial charge in [-0.05, 0) is 74.3 Å². The van der Waals surface area contributed by atoms with Crippen molar-refractivity contribution in [3.63, 3.8) is 0 Å². The number of aryl methyl sites for hydroxylation is 2. The number of aromatic nitrogens is 2. The highest BCUT2D eigenvalue weighted by Gasteiger charge is 2.22. The van der Waals surface area contributed by atoms with Crippen LogP contribution in [-0.4, -0.2) is 47.0 Å². The highest BCUT2D eigenvalue weighted by atomic mass is 79.9. The Hall–Kier alpha value is -2.70. The van der Waals surface area contributed by atoms with Crippen molar-refractivity contribution in [2.75, 3.05) is 26.2 Å². The molecule has 0 unspecified atom stereocenters. The van der Waals surface area contributed by atoms with Gasteiger partial charge < -0.3 is 15.2 Å². The summed E-state index contributed by atoms with van der Waals surface area (Å²) in [4.78, 5) is 24.0. The van der Waals surface area contributed by atoms with Crippen LogP contribution in [0.15, 0.2) is 47.1 Å². The standard InChI is InChI=1S/C25H25BrN4O/c1-15-10-18-20(25(31)30-8-3-6-27-7-9-30)13-24(29-23(18)11-16(15)2)21-14-28-22-5-4-17(26)12-19(21)22/h4-5,10-14,27-28H,3,6-9H2,1-2H3. The van der Waals surface area contributed by atoms with Crippen molar-refractivity contribution in [2.24, 2.45) is 0 Å². The normalized spacial score (nSPS) is 14.9. The predicted octanol–water partition coefficient (Wildman–Crippen LogP) is 5.20. The molecule has 0 bridgehead atoms. The Labute approximate surface area is 190 Å². The van der Waals surface area contributed by atoms with Gasteiger partial charge in [-0.15, -0.1) is 0 Å². The quantitative estimate of drug-likeness (QED) is 0.418. The maximum atomic E-state index is 13.7. The molecule has 2 aromatic carbocycles. The summed E-state index contributed by atoms with van der Waals surface area (Å²) in [7, 11) is 0. The minimum Gasteiger partial charge on any atom is -0.360 e. The minimum absolute atomic E-state index is 0.0848. The van der Waals surface area contributed by atoms with Crippen LogP contribution in [0.1, 0.15) is 27.9 Å². The second-order valence-electron chi connectivity index (χ2n) is 8.30. The first-order valence-corrected chi connectivity index (χ1v) is 11.5. The average molecular weight is 477 g/mol. The van der Waals surface area contributed by atoms with E-state index in [4.69, 9.17) is 4.98 Å². The summed E-state index contributed by atoms with van der Waals surface area (Å²) in [5, 5.41) is 5.39. The number of rotatable bonds is 2. The van der Waals surface area contributed by atoms with Crippen molar-refractivity contribution in [3.8, 4) is 11.3 Å². The molecule has 158 valence electrons. The van der Waals surface area contributed by atoms with Crippen LogP contribution in [0.2, 0.25) is 0 Å². The van der Waals surface area contributed by atoms with Crippen molar-refractivity contribution >= 4 is 43.6 Å². The van der Waals surface area contributed by atoms with E-state index in [0.717, 1.165) is 75.7 Å². The molecule has 1 aliphatic heterocycles. The fourth-order valence-electron chi connectivity index (χ4n) is 4.32. The first-order valence-electron chi connectivity index (χ1n) is 10.7. The zero-order valence-electron chi connectivity index (χ0n) is 17.8. The van der Waals surface area contributed by atoms with E-state index in [-0.39, 0.29) is 5.91 Å². The molecule has 0 atom stereocenters. The molecule has 5 rings (SSSR count). The highest BCUT2D eigenvalue weighted by Crippen LogP contribution is 2.33. The van der Waals surface area contributed by atoms with Crippen molar-refractivity contribution in [3.05, 3.63) is 63.8 Å². The lowest BCUT2D eigenvalue weighted by Gasteiger charge is -2.21. The zero-order chi connectivity index (χ0) is 21.5. The number of halogens is 1. The summed E-state index contributed by atoms with van der Waals surface area (Å²) in [6.45, 7) is 7.46. The Balaban J connectivity index is 1.72. The van der Waals surface area contributed by atoms with E-state index in [9.17, 15) is 4.79 Å². The first-order chi connectivity index (χ1) is 15.0. The van der Waals surface area contributed by atoms with E-state index in [1.165, 1.54) is 11.1 Å². The largest absolute Gasteiger partial charge is 0.360 e. The number of hydrogen-bond acceptors (Lipinski definition) is 3. The Morgan fingerprint density at radius 3 is 2.74 bits per heavy atom. The van der Waals surface area contributed by atoms with Gasteiger partial charge >= 0.3 is 0 Å². The monoisotopic (exact) mass is 476 g/mol. The number of pyridine rings is 1. The van der Waals surface area contributed by atoms with Crippen molar-refractivity contribution in [2.45, 2.75) is 20.3 Å². The topological polar surface area (TPSA) is 61.0 Å². The number of nitrogens with one attached hydrogen (secondary N) is 2. The van der Waals surface area contributed by atoms with E-state index in [1.54, 1.807) is 0 Å². The number of hydrogen-bond donors (Lipinski definition) is 2. The molecular formula is C25H25BrN4O. The van der Waals surface area contributed by atoms with Crippen molar-refractivity contribution < 1.29 is 4.79 Å². The molecule has 6 heteroatoms. The third-order valence-electron chi connectivity index (χ3n) is 6.20. The van der Waals surface area contributed by atoms with Gasteiger partial charge in [0.25, 0.3) is 5.91 Å². The smallest absolute Gasteiger partial charge is 0.254 e. The molecule has 4 aromatic rings. The SMILES string of the molecule is Cc1cc2nc(-c3c[nH]c4ccc(Br)cc34)cc(C(=O)N3CCCNCC3)c2cc1C. The molecule has 1 amide bonds. The van der Waals surface area contributed by atoms with Gasteiger partial charge in [-0.3, -0.25) is 4.79 Å². The second-order valence-corrected chi connectivity index (χ2v) is 9.21. The fourth-order valence-corrected chi connectivity index (χ4v) is 4.69. The molecule has 3 heterocycles. The average Bonchev–Trinajstić information content (AvgIpc) is 2.98. The molecule has 5 nitrogen and oxygen atoms in total. The van der Waals surface area contributed by atoms with E-state index < -0.39 is 0 Å². The van der Waals surface area contributed by atoms with E-state index in [0.29, 0.717) is 0 Å². The molecular weight excluding hydrogens is 452 g/mol. The van der Waals surface area contributed by atoms with Crippen LogP contribution in [-0.2, 0) is 0 Å². The molecule has 2 N–H and O–H groups in total. The van der Waals surface area contributed by atoms with Gasteiger partial charge in [0.1, 0.15) is 0 Å². The third kappa shape index (κ3) is 3.75. The maximum Gasteiger partial charge on any atom is 0.254 e. The number of carbonyl (C=O) groups is 1. The second kappa shape index (κ2) is 8.09. The lowest BCUT2D eigenvalue weighted by atomic mass is 9.99. The van der Waals surface area contributed by atoms with Crippen LogP contribution < -0.4 is 5.32 Å². The van der Waals surface area contributed by atoms with Gasteiger partial charge in [0.2, 0.25) is 0 Å².